The van der Waals surface area contributed by atoms with E-state index in [0.717, 1.165) is 6.42 Å². The Bertz CT molecular complexity index is 173. The molecule has 0 aromatic rings. The van der Waals surface area contributed by atoms with Crippen LogP contribution in [0.1, 0.15) is 32.6 Å². The summed E-state index contributed by atoms with van der Waals surface area (Å²) in [6, 6.07) is 0. The summed E-state index contributed by atoms with van der Waals surface area (Å²) in [4.78, 5) is 10.4. The quantitative estimate of drug-likeness (QED) is 0.477. The maximum absolute atomic E-state index is 10.4. The lowest BCUT2D eigenvalue weighted by Gasteiger charge is -2.15. The van der Waals surface area contributed by atoms with Gasteiger partial charge in [-0.1, -0.05) is 12.2 Å². The highest BCUT2D eigenvalue weighted by atomic mass is 16.5. The summed E-state index contributed by atoms with van der Waals surface area (Å²) in [6.07, 6.45) is 9.19. The van der Waals surface area contributed by atoms with Crippen LogP contribution in [0.15, 0.2) is 12.2 Å². The minimum Gasteiger partial charge on any atom is -0.466 e. The molecule has 0 fully saturated rings. The first-order valence-electron chi connectivity index (χ1n) is 4.59. The summed E-state index contributed by atoms with van der Waals surface area (Å²) in [5.74, 6) is 0.466. The van der Waals surface area contributed by atoms with E-state index in [1.807, 2.05) is 0 Å². The van der Waals surface area contributed by atoms with Crippen LogP contribution in [0.3, 0.4) is 0 Å². The number of hydrogen-bond acceptors (Lipinski definition) is 2. The van der Waals surface area contributed by atoms with E-state index < -0.39 is 0 Å². The second-order valence-electron chi connectivity index (χ2n) is 3.25. The summed E-state index contributed by atoms with van der Waals surface area (Å²) in [5.41, 5.74) is 0. The van der Waals surface area contributed by atoms with Crippen molar-refractivity contribution in [1.29, 1.82) is 0 Å². The molecule has 1 rings (SSSR count). The minimum absolute atomic E-state index is 0.171. The Labute approximate surface area is 73.6 Å². The van der Waals surface area contributed by atoms with Crippen LogP contribution in [0.2, 0.25) is 0 Å². The van der Waals surface area contributed by atoms with Crippen molar-refractivity contribution in [3.63, 3.8) is 0 Å². The van der Waals surface area contributed by atoms with Gasteiger partial charge in [-0.3, -0.25) is 4.79 Å². The first kappa shape index (κ1) is 9.30. The van der Waals surface area contributed by atoms with Gasteiger partial charge < -0.3 is 4.74 Å². The van der Waals surface area contributed by atoms with E-state index in [-0.39, 0.29) is 5.97 Å². The highest BCUT2D eigenvalue weighted by Gasteiger charge is 2.08. The van der Waals surface area contributed by atoms with E-state index in [9.17, 15) is 4.79 Å². The number of allylic oxidation sites excluding steroid dienone is 2. The summed E-state index contributed by atoms with van der Waals surface area (Å²) >= 11 is 0. The molecule has 2 heteroatoms. The third-order valence-corrected chi connectivity index (χ3v) is 2.15. The third-order valence-electron chi connectivity index (χ3n) is 2.15. The SMILES string of the molecule is CC(=O)OCCC1C=CCCC1. The van der Waals surface area contributed by atoms with Gasteiger partial charge in [0.1, 0.15) is 0 Å². The molecule has 1 aliphatic carbocycles. The Morgan fingerprint density at radius 2 is 2.50 bits per heavy atom. The molecule has 1 unspecified atom stereocenters. The fraction of sp³-hybridized carbons (Fsp3) is 0.700. The molecule has 0 bridgehead atoms. The third kappa shape index (κ3) is 3.56. The fourth-order valence-corrected chi connectivity index (χ4v) is 1.48. The van der Waals surface area contributed by atoms with Crippen LogP contribution in [-0.4, -0.2) is 12.6 Å². The highest BCUT2D eigenvalue weighted by molar-refractivity contribution is 5.65. The molecule has 68 valence electrons. The van der Waals surface area contributed by atoms with E-state index in [4.69, 9.17) is 4.74 Å². The van der Waals surface area contributed by atoms with Gasteiger partial charge in [-0.15, -0.1) is 0 Å². The molecule has 1 aliphatic rings. The number of carbonyl (C=O) groups is 1. The molecular formula is C10H16O2. The van der Waals surface area contributed by atoms with Gasteiger partial charge in [0.25, 0.3) is 0 Å². The predicted molar refractivity (Wildman–Crippen MR) is 47.7 cm³/mol. The van der Waals surface area contributed by atoms with Crippen molar-refractivity contribution < 1.29 is 9.53 Å². The Hall–Kier alpha value is -0.790. The van der Waals surface area contributed by atoms with Crippen molar-refractivity contribution in [3.05, 3.63) is 12.2 Å². The molecule has 2 nitrogen and oxygen atoms in total. The molecule has 0 amide bonds. The molecule has 0 aliphatic heterocycles. The lowest BCUT2D eigenvalue weighted by Crippen LogP contribution is -2.07. The van der Waals surface area contributed by atoms with E-state index in [2.05, 4.69) is 12.2 Å². The van der Waals surface area contributed by atoms with Crippen molar-refractivity contribution >= 4 is 5.97 Å². The molecule has 0 radical (unpaired) electrons. The summed E-state index contributed by atoms with van der Waals surface area (Å²) < 4.78 is 4.87. The summed E-state index contributed by atoms with van der Waals surface area (Å²) in [6.45, 7) is 2.03. The van der Waals surface area contributed by atoms with Crippen LogP contribution in [0, 0.1) is 5.92 Å². The Kier molecular flexibility index (Phi) is 3.85. The van der Waals surface area contributed by atoms with Gasteiger partial charge >= 0.3 is 5.97 Å². The molecule has 0 saturated carbocycles. The van der Waals surface area contributed by atoms with Crippen molar-refractivity contribution in [2.75, 3.05) is 6.61 Å². The monoisotopic (exact) mass is 168 g/mol. The van der Waals surface area contributed by atoms with Crippen LogP contribution in [0.4, 0.5) is 0 Å². The minimum atomic E-state index is -0.171. The molecule has 0 aromatic heterocycles. The maximum atomic E-state index is 10.4. The average Bonchev–Trinajstić information content (AvgIpc) is 2.05. The number of ether oxygens (including phenoxy) is 1. The first-order valence-corrected chi connectivity index (χ1v) is 4.59. The standard InChI is InChI=1S/C10H16O2/c1-9(11)12-8-7-10-5-3-2-4-6-10/h3,5,10H,2,4,6-8H2,1H3. The molecule has 0 spiro atoms. The first-order chi connectivity index (χ1) is 5.79. The van der Waals surface area contributed by atoms with E-state index >= 15 is 0 Å². The second-order valence-corrected chi connectivity index (χ2v) is 3.25. The lowest BCUT2D eigenvalue weighted by molar-refractivity contribution is -0.141. The Balaban J connectivity index is 2.09. The summed E-state index contributed by atoms with van der Waals surface area (Å²) in [7, 11) is 0. The second kappa shape index (κ2) is 4.96. The van der Waals surface area contributed by atoms with E-state index in [1.54, 1.807) is 0 Å². The molecule has 12 heavy (non-hydrogen) atoms. The molecular weight excluding hydrogens is 152 g/mol. The smallest absolute Gasteiger partial charge is 0.302 e. The average molecular weight is 168 g/mol. The lowest BCUT2D eigenvalue weighted by atomic mass is 9.93. The van der Waals surface area contributed by atoms with Crippen molar-refractivity contribution in [2.24, 2.45) is 5.92 Å². The molecule has 0 aromatic carbocycles. The Morgan fingerprint density at radius 1 is 1.67 bits per heavy atom. The number of carbonyl (C=O) groups excluding carboxylic acids is 1. The van der Waals surface area contributed by atoms with Crippen LogP contribution >= 0.6 is 0 Å². The Morgan fingerprint density at radius 3 is 3.08 bits per heavy atom. The molecule has 1 atom stereocenters. The van der Waals surface area contributed by atoms with Crippen molar-refractivity contribution in [2.45, 2.75) is 32.6 Å². The zero-order valence-corrected chi connectivity index (χ0v) is 7.58. The number of hydrogen-bond donors (Lipinski definition) is 0. The van der Waals surface area contributed by atoms with Crippen molar-refractivity contribution in [1.82, 2.24) is 0 Å². The predicted octanol–water partition coefficient (Wildman–Crippen LogP) is 2.30. The fourth-order valence-electron chi connectivity index (χ4n) is 1.48. The largest absolute Gasteiger partial charge is 0.466 e. The molecule has 0 N–H and O–H groups in total. The molecule has 0 heterocycles. The van der Waals surface area contributed by atoms with E-state index in [0.29, 0.717) is 12.5 Å². The van der Waals surface area contributed by atoms with Crippen LogP contribution in [0.25, 0.3) is 0 Å². The van der Waals surface area contributed by atoms with Gasteiger partial charge in [0.15, 0.2) is 0 Å². The van der Waals surface area contributed by atoms with Gasteiger partial charge in [-0.25, -0.2) is 0 Å². The van der Waals surface area contributed by atoms with Gasteiger partial charge in [-0.2, -0.15) is 0 Å². The molecule has 0 saturated heterocycles. The van der Waals surface area contributed by atoms with Crippen molar-refractivity contribution in [3.8, 4) is 0 Å². The van der Waals surface area contributed by atoms with Crippen LogP contribution < -0.4 is 0 Å². The highest BCUT2D eigenvalue weighted by Crippen LogP contribution is 2.19. The van der Waals surface area contributed by atoms with Crippen LogP contribution in [0.5, 0.6) is 0 Å². The maximum Gasteiger partial charge on any atom is 0.302 e. The number of rotatable bonds is 3. The zero-order valence-electron chi connectivity index (χ0n) is 7.58. The normalized spacial score (nSPS) is 22.2. The van der Waals surface area contributed by atoms with Gasteiger partial charge in [-0.05, 0) is 31.6 Å². The topological polar surface area (TPSA) is 26.3 Å². The van der Waals surface area contributed by atoms with Gasteiger partial charge in [0, 0.05) is 6.92 Å². The van der Waals surface area contributed by atoms with Gasteiger partial charge in [0.05, 0.1) is 6.61 Å². The van der Waals surface area contributed by atoms with Gasteiger partial charge in [0.2, 0.25) is 0 Å². The summed E-state index contributed by atoms with van der Waals surface area (Å²) in [5, 5.41) is 0. The number of esters is 1. The zero-order chi connectivity index (χ0) is 8.81. The van der Waals surface area contributed by atoms with E-state index in [1.165, 1.54) is 26.2 Å². The van der Waals surface area contributed by atoms with Crippen LogP contribution in [-0.2, 0) is 9.53 Å².